The topological polar surface area (TPSA) is 38.3 Å². The van der Waals surface area contributed by atoms with Gasteiger partial charge in [-0.05, 0) is 35.4 Å². The van der Waals surface area contributed by atoms with Gasteiger partial charge in [0.2, 0.25) is 0 Å². The Hall–Kier alpha value is -3.07. The molecule has 1 amide bonds. The molecule has 0 radical (unpaired) electrons. The molecule has 120 valence electrons. The molecule has 0 aliphatic rings. The van der Waals surface area contributed by atoms with Gasteiger partial charge in [0.1, 0.15) is 5.75 Å². The van der Waals surface area contributed by atoms with Crippen LogP contribution in [0.15, 0.2) is 84.9 Å². The van der Waals surface area contributed by atoms with Crippen LogP contribution in [0.3, 0.4) is 0 Å². The maximum atomic E-state index is 12.6. The zero-order valence-corrected chi connectivity index (χ0v) is 13.5. The standard InChI is InChI=1S/C21H19NO2/c1-24-19-14-12-18(13-15-19)21(23)22-20(16-8-4-2-5-9-16)17-10-6-3-7-11-17/h2-15,20H,1H3,(H,22,23). The molecule has 0 bridgehead atoms. The van der Waals surface area contributed by atoms with E-state index < -0.39 is 0 Å². The van der Waals surface area contributed by atoms with E-state index in [2.05, 4.69) is 5.32 Å². The Bertz CT molecular complexity index is 744. The summed E-state index contributed by atoms with van der Waals surface area (Å²) in [6, 6.07) is 26.8. The minimum Gasteiger partial charge on any atom is -0.497 e. The van der Waals surface area contributed by atoms with Crippen molar-refractivity contribution in [2.45, 2.75) is 6.04 Å². The Balaban J connectivity index is 1.87. The maximum absolute atomic E-state index is 12.6. The first-order chi connectivity index (χ1) is 11.8. The predicted octanol–water partition coefficient (Wildman–Crippen LogP) is 4.21. The molecule has 3 aromatic carbocycles. The van der Waals surface area contributed by atoms with Crippen molar-refractivity contribution in [2.75, 3.05) is 7.11 Å². The summed E-state index contributed by atoms with van der Waals surface area (Å²) in [4.78, 5) is 12.6. The Morgan fingerprint density at radius 3 is 1.75 bits per heavy atom. The number of rotatable bonds is 5. The third kappa shape index (κ3) is 3.63. The fraction of sp³-hybridized carbons (Fsp3) is 0.0952. The molecule has 3 rings (SSSR count). The van der Waals surface area contributed by atoms with Gasteiger partial charge in [-0.3, -0.25) is 4.79 Å². The number of benzene rings is 3. The molecule has 0 aliphatic heterocycles. The smallest absolute Gasteiger partial charge is 0.252 e. The Labute approximate surface area is 141 Å². The lowest BCUT2D eigenvalue weighted by Gasteiger charge is -2.20. The molecular formula is C21H19NO2. The first kappa shape index (κ1) is 15.8. The lowest BCUT2D eigenvalue weighted by Crippen LogP contribution is -2.29. The fourth-order valence-electron chi connectivity index (χ4n) is 2.61. The lowest BCUT2D eigenvalue weighted by atomic mass is 9.98. The summed E-state index contributed by atoms with van der Waals surface area (Å²) >= 11 is 0. The number of carbonyl (C=O) groups is 1. The maximum Gasteiger partial charge on any atom is 0.252 e. The molecule has 24 heavy (non-hydrogen) atoms. The molecule has 0 saturated heterocycles. The van der Waals surface area contributed by atoms with Crippen LogP contribution in [0.5, 0.6) is 5.75 Å². The highest BCUT2D eigenvalue weighted by molar-refractivity contribution is 5.94. The van der Waals surface area contributed by atoms with Crippen LogP contribution in [0.2, 0.25) is 0 Å². The van der Waals surface area contributed by atoms with Crippen molar-refractivity contribution in [3.8, 4) is 5.75 Å². The molecule has 0 spiro atoms. The molecule has 3 heteroatoms. The van der Waals surface area contributed by atoms with E-state index in [4.69, 9.17) is 4.74 Å². The van der Waals surface area contributed by atoms with Crippen molar-refractivity contribution in [2.24, 2.45) is 0 Å². The van der Waals surface area contributed by atoms with Crippen LogP contribution in [0.25, 0.3) is 0 Å². The number of hydrogen-bond acceptors (Lipinski definition) is 2. The Morgan fingerprint density at radius 1 is 0.792 bits per heavy atom. The van der Waals surface area contributed by atoms with E-state index in [9.17, 15) is 4.79 Å². The Kier molecular flexibility index (Phi) is 4.92. The van der Waals surface area contributed by atoms with Gasteiger partial charge in [-0.2, -0.15) is 0 Å². The summed E-state index contributed by atoms with van der Waals surface area (Å²) in [5.74, 6) is 0.615. The quantitative estimate of drug-likeness (QED) is 0.765. The number of hydrogen-bond donors (Lipinski definition) is 1. The fourth-order valence-corrected chi connectivity index (χ4v) is 2.61. The van der Waals surface area contributed by atoms with Gasteiger partial charge in [0.15, 0.2) is 0 Å². The average Bonchev–Trinajstić information content (AvgIpc) is 2.67. The van der Waals surface area contributed by atoms with E-state index >= 15 is 0 Å². The van der Waals surface area contributed by atoms with E-state index in [1.54, 1.807) is 31.4 Å². The lowest BCUT2D eigenvalue weighted by molar-refractivity contribution is 0.0943. The van der Waals surface area contributed by atoms with Gasteiger partial charge in [0.05, 0.1) is 13.2 Å². The number of carbonyl (C=O) groups excluding carboxylic acids is 1. The number of nitrogens with one attached hydrogen (secondary N) is 1. The molecule has 1 N–H and O–H groups in total. The van der Waals surface area contributed by atoms with Crippen LogP contribution in [-0.2, 0) is 0 Å². The molecule has 0 fully saturated rings. The van der Waals surface area contributed by atoms with Crippen LogP contribution in [0, 0.1) is 0 Å². The first-order valence-corrected chi connectivity index (χ1v) is 7.83. The highest BCUT2D eigenvalue weighted by Gasteiger charge is 2.17. The zero-order chi connectivity index (χ0) is 16.8. The van der Waals surface area contributed by atoms with Crippen LogP contribution >= 0.6 is 0 Å². The van der Waals surface area contributed by atoms with Crippen LogP contribution in [-0.4, -0.2) is 13.0 Å². The molecule has 0 atom stereocenters. The molecule has 0 unspecified atom stereocenters. The summed E-state index contributed by atoms with van der Waals surface area (Å²) in [7, 11) is 1.61. The zero-order valence-electron chi connectivity index (χ0n) is 13.5. The van der Waals surface area contributed by atoms with Crippen molar-refractivity contribution < 1.29 is 9.53 Å². The van der Waals surface area contributed by atoms with Gasteiger partial charge in [0.25, 0.3) is 5.91 Å². The molecule has 3 aromatic rings. The van der Waals surface area contributed by atoms with E-state index in [1.807, 2.05) is 60.7 Å². The van der Waals surface area contributed by atoms with E-state index in [-0.39, 0.29) is 11.9 Å². The largest absolute Gasteiger partial charge is 0.497 e. The number of amides is 1. The Morgan fingerprint density at radius 2 is 1.29 bits per heavy atom. The van der Waals surface area contributed by atoms with Gasteiger partial charge in [0, 0.05) is 5.56 Å². The SMILES string of the molecule is COc1ccc(C(=O)NC(c2ccccc2)c2ccccc2)cc1. The predicted molar refractivity (Wildman–Crippen MR) is 95.2 cm³/mol. The van der Waals surface area contributed by atoms with Gasteiger partial charge < -0.3 is 10.1 Å². The van der Waals surface area contributed by atoms with Gasteiger partial charge in [-0.25, -0.2) is 0 Å². The molecule has 0 saturated carbocycles. The van der Waals surface area contributed by atoms with Crippen molar-refractivity contribution >= 4 is 5.91 Å². The van der Waals surface area contributed by atoms with Crippen molar-refractivity contribution in [1.82, 2.24) is 5.32 Å². The van der Waals surface area contributed by atoms with Crippen molar-refractivity contribution in [3.63, 3.8) is 0 Å². The van der Waals surface area contributed by atoms with Crippen LogP contribution in [0.4, 0.5) is 0 Å². The summed E-state index contributed by atoms with van der Waals surface area (Å²) < 4.78 is 5.14. The van der Waals surface area contributed by atoms with Crippen molar-refractivity contribution in [3.05, 3.63) is 102 Å². The number of ether oxygens (including phenoxy) is 1. The van der Waals surface area contributed by atoms with Gasteiger partial charge >= 0.3 is 0 Å². The van der Waals surface area contributed by atoms with Crippen LogP contribution in [0.1, 0.15) is 27.5 Å². The average molecular weight is 317 g/mol. The van der Waals surface area contributed by atoms with Crippen LogP contribution < -0.4 is 10.1 Å². The number of methoxy groups -OCH3 is 1. The van der Waals surface area contributed by atoms with Gasteiger partial charge in [-0.1, -0.05) is 60.7 Å². The van der Waals surface area contributed by atoms with Gasteiger partial charge in [-0.15, -0.1) is 0 Å². The van der Waals surface area contributed by atoms with E-state index in [0.29, 0.717) is 5.56 Å². The normalized spacial score (nSPS) is 10.4. The molecule has 0 heterocycles. The van der Waals surface area contributed by atoms with Crippen molar-refractivity contribution in [1.29, 1.82) is 0 Å². The summed E-state index contributed by atoms with van der Waals surface area (Å²) in [6.07, 6.45) is 0. The molecule has 0 aliphatic carbocycles. The van der Waals surface area contributed by atoms with E-state index in [1.165, 1.54) is 0 Å². The second-order valence-corrected chi connectivity index (χ2v) is 5.46. The summed E-state index contributed by atoms with van der Waals surface area (Å²) in [6.45, 7) is 0. The highest BCUT2D eigenvalue weighted by Crippen LogP contribution is 2.22. The highest BCUT2D eigenvalue weighted by atomic mass is 16.5. The molecular weight excluding hydrogens is 298 g/mol. The second kappa shape index (κ2) is 7.47. The molecule has 3 nitrogen and oxygen atoms in total. The van der Waals surface area contributed by atoms with E-state index in [0.717, 1.165) is 16.9 Å². The minimum absolute atomic E-state index is 0.115. The third-order valence-electron chi connectivity index (χ3n) is 3.89. The third-order valence-corrected chi connectivity index (χ3v) is 3.89. The summed E-state index contributed by atoms with van der Waals surface area (Å²) in [5.41, 5.74) is 2.70. The second-order valence-electron chi connectivity index (χ2n) is 5.46. The minimum atomic E-state index is -0.193. The molecule has 0 aromatic heterocycles. The monoisotopic (exact) mass is 317 g/mol. The summed E-state index contributed by atoms with van der Waals surface area (Å²) in [5, 5.41) is 3.12. The first-order valence-electron chi connectivity index (χ1n) is 7.83.